The van der Waals surface area contributed by atoms with Gasteiger partial charge >= 0.3 is 0 Å². The Hall–Kier alpha value is -1.08. The monoisotopic (exact) mass is 436 g/mol. The van der Waals surface area contributed by atoms with Crippen LogP contribution in [0.1, 0.15) is 108 Å². The predicted octanol–water partition coefficient (Wildman–Crippen LogP) is 8.48. The molecule has 2 saturated carbocycles. The van der Waals surface area contributed by atoms with Gasteiger partial charge in [-0.15, -0.1) is 0 Å². The predicted molar refractivity (Wildman–Crippen MR) is 137 cm³/mol. The maximum absolute atomic E-state index is 6.12. The SMILES string of the molecule is CC=CCOC1CCC2CC(C3CCc4cc(CCCCCCC)ccc4C3)CCC2C1. The number of allylic oxidation sites excluding steroid dienone is 1. The maximum Gasteiger partial charge on any atom is 0.0651 e. The summed E-state index contributed by atoms with van der Waals surface area (Å²) < 4.78 is 6.12. The molecular weight excluding hydrogens is 388 g/mol. The van der Waals surface area contributed by atoms with Crippen molar-refractivity contribution in [1.82, 2.24) is 0 Å². The molecule has 0 aromatic heterocycles. The van der Waals surface area contributed by atoms with Crippen molar-refractivity contribution in [2.45, 2.75) is 116 Å². The molecule has 0 amide bonds. The van der Waals surface area contributed by atoms with Crippen LogP contribution in [0.2, 0.25) is 0 Å². The van der Waals surface area contributed by atoms with Gasteiger partial charge in [-0.3, -0.25) is 0 Å². The zero-order chi connectivity index (χ0) is 22.2. The number of unbranched alkanes of at least 4 members (excludes halogenated alkanes) is 4. The molecule has 0 N–H and O–H groups in total. The van der Waals surface area contributed by atoms with E-state index in [1.807, 2.05) is 0 Å². The number of ether oxygens (including phenoxy) is 1. The molecule has 0 radical (unpaired) electrons. The van der Waals surface area contributed by atoms with Crippen LogP contribution in [0.3, 0.4) is 0 Å². The highest BCUT2D eigenvalue weighted by atomic mass is 16.5. The first-order valence-corrected chi connectivity index (χ1v) is 14.1. The number of aryl methyl sites for hydroxylation is 2. The van der Waals surface area contributed by atoms with Crippen LogP contribution in [-0.2, 0) is 24.0 Å². The summed E-state index contributed by atoms with van der Waals surface area (Å²) in [6.07, 6.45) is 25.6. The summed E-state index contributed by atoms with van der Waals surface area (Å²) in [5, 5.41) is 0. The van der Waals surface area contributed by atoms with Crippen molar-refractivity contribution >= 4 is 0 Å². The van der Waals surface area contributed by atoms with Crippen LogP contribution < -0.4 is 0 Å². The van der Waals surface area contributed by atoms with E-state index >= 15 is 0 Å². The normalized spacial score (nSPS) is 30.2. The van der Waals surface area contributed by atoms with Crippen LogP contribution >= 0.6 is 0 Å². The minimum atomic E-state index is 0.520. The highest BCUT2D eigenvalue weighted by Gasteiger charge is 2.38. The van der Waals surface area contributed by atoms with Gasteiger partial charge in [-0.2, -0.15) is 0 Å². The second-order valence-corrected chi connectivity index (χ2v) is 11.2. The molecule has 0 saturated heterocycles. The fourth-order valence-corrected chi connectivity index (χ4v) is 7.08. The summed E-state index contributed by atoms with van der Waals surface area (Å²) in [6, 6.07) is 7.52. The van der Waals surface area contributed by atoms with E-state index in [0.29, 0.717) is 6.10 Å². The lowest BCUT2D eigenvalue weighted by molar-refractivity contribution is -0.0138. The molecule has 0 heterocycles. The molecule has 5 atom stereocenters. The van der Waals surface area contributed by atoms with Gasteiger partial charge in [0.1, 0.15) is 0 Å². The topological polar surface area (TPSA) is 9.23 Å². The minimum absolute atomic E-state index is 0.520. The Morgan fingerprint density at radius 3 is 2.47 bits per heavy atom. The second-order valence-electron chi connectivity index (χ2n) is 11.2. The zero-order valence-corrected chi connectivity index (χ0v) is 21.0. The van der Waals surface area contributed by atoms with Crippen molar-refractivity contribution in [3.8, 4) is 0 Å². The van der Waals surface area contributed by atoms with E-state index in [1.54, 1.807) is 16.7 Å². The van der Waals surface area contributed by atoms with Gasteiger partial charge in [0.25, 0.3) is 0 Å². The number of hydrogen-bond acceptors (Lipinski definition) is 1. The molecule has 3 aliphatic carbocycles. The molecule has 0 aliphatic heterocycles. The average Bonchev–Trinajstić information content (AvgIpc) is 2.83. The lowest BCUT2D eigenvalue weighted by Gasteiger charge is -2.45. The van der Waals surface area contributed by atoms with Crippen LogP contribution in [-0.4, -0.2) is 12.7 Å². The van der Waals surface area contributed by atoms with Crippen molar-refractivity contribution < 1.29 is 4.74 Å². The summed E-state index contributed by atoms with van der Waals surface area (Å²) in [7, 11) is 0. The molecule has 0 spiro atoms. The lowest BCUT2D eigenvalue weighted by atomic mass is 9.62. The molecule has 0 bridgehead atoms. The van der Waals surface area contributed by atoms with Gasteiger partial charge < -0.3 is 4.74 Å². The lowest BCUT2D eigenvalue weighted by Crippen LogP contribution is -2.37. The van der Waals surface area contributed by atoms with E-state index in [-0.39, 0.29) is 0 Å². The van der Waals surface area contributed by atoms with E-state index in [4.69, 9.17) is 4.74 Å². The van der Waals surface area contributed by atoms with E-state index in [9.17, 15) is 0 Å². The van der Waals surface area contributed by atoms with Crippen LogP contribution in [0.5, 0.6) is 0 Å². The van der Waals surface area contributed by atoms with Crippen molar-refractivity contribution in [2.24, 2.45) is 23.7 Å². The number of hydrogen-bond donors (Lipinski definition) is 0. The molecule has 4 rings (SSSR count). The number of fused-ring (bicyclic) bond motifs is 2. The van der Waals surface area contributed by atoms with E-state index < -0.39 is 0 Å². The van der Waals surface area contributed by atoms with Gasteiger partial charge in [0.15, 0.2) is 0 Å². The third-order valence-electron chi connectivity index (χ3n) is 9.04. The first kappa shape index (κ1) is 24.1. The summed E-state index contributed by atoms with van der Waals surface area (Å²) in [6.45, 7) is 5.19. The third-order valence-corrected chi connectivity index (χ3v) is 9.04. The quantitative estimate of drug-likeness (QED) is 0.264. The highest BCUT2D eigenvalue weighted by Crippen LogP contribution is 2.47. The van der Waals surface area contributed by atoms with Crippen LogP contribution in [0.25, 0.3) is 0 Å². The molecule has 5 unspecified atom stereocenters. The molecule has 32 heavy (non-hydrogen) atoms. The Morgan fingerprint density at radius 2 is 1.62 bits per heavy atom. The molecule has 1 nitrogen and oxygen atoms in total. The van der Waals surface area contributed by atoms with E-state index in [2.05, 4.69) is 44.2 Å². The first-order valence-electron chi connectivity index (χ1n) is 14.1. The van der Waals surface area contributed by atoms with Crippen LogP contribution in [0.4, 0.5) is 0 Å². The van der Waals surface area contributed by atoms with Crippen molar-refractivity contribution in [3.63, 3.8) is 0 Å². The largest absolute Gasteiger partial charge is 0.374 e. The molecule has 3 aliphatic rings. The van der Waals surface area contributed by atoms with Gasteiger partial charge in [-0.1, -0.05) is 63.0 Å². The van der Waals surface area contributed by atoms with Gasteiger partial charge in [-0.25, -0.2) is 0 Å². The minimum Gasteiger partial charge on any atom is -0.374 e. The van der Waals surface area contributed by atoms with E-state index in [0.717, 1.165) is 30.3 Å². The van der Waals surface area contributed by atoms with Crippen molar-refractivity contribution in [3.05, 3.63) is 47.0 Å². The van der Waals surface area contributed by atoms with Gasteiger partial charge in [0.05, 0.1) is 12.7 Å². The Kier molecular flexibility index (Phi) is 9.32. The van der Waals surface area contributed by atoms with Crippen molar-refractivity contribution in [2.75, 3.05) is 6.61 Å². The number of rotatable bonds is 10. The Bertz CT molecular complexity index is 719. The highest BCUT2D eigenvalue weighted by molar-refractivity contribution is 5.34. The first-order chi connectivity index (χ1) is 15.8. The van der Waals surface area contributed by atoms with Gasteiger partial charge in [0, 0.05) is 0 Å². The Morgan fingerprint density at radius 1 is 0.844 bits per heavy atom. The van der Waals surface area contributed by atoms with Gasteiger partial charge in [-0.05, 0) is 118 Å². The molecule has 178 valence electrons. The summed E-state index contributed by atoms with van der Waals surface area (Å²) in [4.78, 5) is 0. The molecule has 1 aromatic carbocycles. The fraction of sp³-hybridized carbons (Fsp3) is 0.742. The second kappa shape index (κ2) is 12.4. The summed E-state index contributed by atoms with van der Waals surface area (Å²) in [5.41, 5.74) is 4.95. The molecule has 1 aromatic rings. The fourth-order valence-electron chi connectivity index (χ4n) is 7.08. The summed E-state index contributed by atoms with van der Waals surface area (Å²) in [5.74, 6) is 3.83. The third kappa shape index (κ3) is 6.49. The Balaban J connectivity index is 1.24. The number of benzene rings is 1. The average molecular weight is 437 g/mol. The standard InChI is InChI=1S/C31H48O/c1-3-5-7-8-9-10-24-11-12-26-21-27(14-13-25(26)20-24)28-15-16-30-23-31(32-19-6-4-2)18-17-29(30)22-28/h4,6,11-12,20,27-31H,3,5,7-10,13-19,21-23H2,1-2H3. The zero-order valence-electron chi connectivity index (χ0n) is 21.0. The maximum atomic E-state index is 6.12. The van der Waals surface area contributed by atoms with E-state index in [1.165, 1.54) is 96.3 Å². The van der Waals surface area contributed by atoms with Gasteiger partial charge in [0.2, 0.25) is 0 Å². The van der Waals surface area contributed by atoms with Crippen LogP contribution in [0, 0.1) is 23.7 Å². The Labute approximate surface area is 198 Å². The summed E-state index contributed by atoms with van der Waals surface area (Å²) >= 11 is 0. The van der Waals surface area contributed by atoms with Crippen LogP contribution in [0.15, 0.2) is 30.4 Å². The molecule has 2 fully saturated rings. The molecular formula is C31H48O. The smallest absolute Gasteiger partial charge is 0.0651 e. The molecule has 1 heteroatoms. The van der Waals surface area contributed by atoms with Crippen molar-refractivity contribution in [1.29, 1.82) is 0 Å².